The fraction of sp³-hybridized carbons (Fsp3) is 0.200. The SMILES string of the molecule is CNC(=O)c1nc(-c2ccccc2-c2nc3cc(-c4cnc(N)nc4)ccc3n2C(C)(C)C)no1. The third-order valence-electron chi connectivity index (χ3n) is 5.59. The molecule has 0 saturated heterocycles. The number of aromatic nitrogens is 6. The standard InChI is InChI=1S/C25H24N8O2/c1-25(2,3)33-19-10-9-14(15-12-28-24(26)29-13-15)11-18(19)30-21(33)17-8-6-5-7-16(17)20-31-23(35-32-20)22(34)27-4/h5-13H,1-4H3,(H,27,34)(H2,26,28,29). The van der Waals surface area contributed by atoms with Gasteiger partial charge in [-0.05, 0) is 38.5 Å². The van der Waals surface area contributed by atoms with Crippen LogP contribution in [0.5, 0.6) is 0 Å². The number of nitrogens with two attached hydrogens (primary N) is 1. The molecular formula is C25H24N8O2. The first kappa shape index (κ1) is 22.2. The quantitative estimate of drug-likeness (QED) is 0.405. The van der Waals surface area contributed by atoms with Gasteiger partial charge in [-0.3, -0.25) is 4.79 Å². The zero-order valence-electron chi connectivity index (χ0n) is 19.8. The van der Waals surface area contributed by atoms with E-state index in [4.69, 9.17) is 15.2 Å². The Morgan fingerprint density at radius 2 is 1.71 bits per heavy atom. The van der Waals surface area contributed by atoms with Crippen molar-refractivity contribution >= 4 is 22.9 Å². The van der Waals surface area contributed by atoms with Gasteiger partial charge in [0.2, 0.25) is 11.8 Å². The molecular weight excluding hydrogens is 444 g/mol. The highest BCUT2D eigenvalue weighted by molar-refractivity contribution is 5.91. The molecule has 5 aromatic rings. The van der Waals surface area contributed by atoms with E-state index in [-0.39, 0.29) is 17.4 Å². The molecule has 0 aliphatic rings. The van der Waals surface area contributed by atoms with Crippen molar-refractivity contribution in [2.75, 3.05) is 12.8 Å². The van der Waals surface area contributed by atoms with Crippen molar-refractivity contribution in [2.45, 2.75) is 26.3 Å². The molecule has 3 N–H and O–H groups in total. The van der Waals surface area contributed by atoms with E-state index >= 15 is 0 Å². The summed E-state index contributed by atoms with van der Waals surface area (Å²) in [4.78, 5) is 29.5. The van der Waals surface area contributed by atoms with Crippen molar-refractivity contribution in [3.05, 3.63) is 60.7 Å². The fourth-order valence-electron chi connectivity index (χ4n) is 4.01. The van der Waals surface area contributed by atoms with E-state index in [1.165, 1.54) is 7.05 Å². The Kier molecular flexibility index (Phi) is 5.28. The molecule has 3 aromatic heterocycles. The lowest BCUT2D eigenvalue weighted by Gasteiger charge is -2.25. The second-order valence-corrected chi connectivity index (χ2v) is 9.02. The minimum absolute atomic E-state index is 0.100. The molecule has 0 unspecified atom stereocenters. The monoisotopic (exact) mass is 468 g/mol. The first-order valence-corrected chi connectivity index (χ1v) is 11.0. The summed E-state index contributed by atoms with van der Waals surface area (Å²) in [5.74, 6) is 0.748. The zero-order valence-corrected chi connectivity index (χ0v) is 19.8. The Bertz CT molecular complexity index is 1540. The molecule has 3 heterocycles. The van der Waals surface area contributed by atoms with Gasteiger partial charge in [0.05, 0.1) is 11.0 Å². The van der Waals surface area contributed by atoms with Crippen LogP contribution in [0.1, 0.15) is 31.5 Å². The Morgan fingerprint density at radius 1 is 1.00 bits per heavy atom. The number of hydrogen-bond acceptors (Lipinski definition) is 8. The number of carbonyl (C=O) groups is 1. The first-order valence-electron chi connectivity index (χ1n) is 11.0. The average molecular weight is 469 g/mol. The van der Waals surface area contributed by atoms with Gasteiger partial charge in [0.1, 0.15) is 5.82 Å². The van der Waals surface area contributed by atoms with E-state index in [1.807, 2.05) is 42.5 Å². The number of nitrogens with zero attached hydrogens (tertiary/aromatic N) is 6. The van der Waals surface area contributed by atoms with Gasteiger partial charge in [-0.25, -0.2) is 15.0 Å². The van der Waals surface area contributed by atoms with Gasteiger partial charge in [0.25, 0.3) is 0 Å². The molecule has 0 aliphatic heterocycles. The van der Waals surface area contributed by atoms with Crippen molar-refractivity contribution in [1.29, 1.82) is 0 Å². The van der Waals surface area contributed by atoms with Crippen LogP contribution in [0.4, 0.5) is 5.95 Å². The fourth-order valence-corrected chi connectivity index (χ4v) is 4.01. The molecule has 0 spiro atoms. The number of hydrogen-bond donors (Lipinski definition) is 2. The number of nitrogen functional groups attached to an aromatic ring is 1. The summed E-state index contributed by atoms with van der Waals surface area (Å²) in [5.41, 5.74) is 10.5. The molecule has 0 fully saturated rings. The molecule has 10 nitrogen and oxygen atoms in total. The van der Waals surface area contributed by atoms with Crippen molar-refractivity contribution in [2.24, 2.45) is 0 Å². The molecule has 0 radical (unpaired) electrons. The van der Waals surface area contributed by atoms with Crippen LogP contribution in [-0.2, 0) is 5.54 Å². The lowest BCUT2D eigenvalue weighted by molar-refractivity contribution is 0.0919. The lowest BCUT2D eigenvalue weighted by atomic mass is 10.0. The number of fused-ring (bicyclic) bond motifs is 1. The molecule has 176 valence electrons. The third kappa shape index (κ3) is 3.99. The molecule has 1 amide bonds. The Balaban J connectivity index is 1.70. The Hall–Kier alpha value is -4.60. The van der Waals surface area contributed by atoms with E-state index in [0.29, 0.717) is 11.4 Å². The predicted octanol–water partition coefficient (Wildman–Crippen LogP) is 3.91. The number of benzene rings is 2. The molecule has 0 bridgehead atoms. The average Bonchev–Trinajstić information content (AvgIpc) is 3.49. The van der Waals surface area contributed by atoms with Gasteiger partial charge < -0.3 is 20.1 Å². The zero-order chi connectivity index (χ0) is 24.7. The van der Waals surface area contributed by atoms with Gasteiger partial charge in [-0.2, -0.15) is 4.98 Å². The summed E-state index contributed by atoms with van der Waals surface area (Å²) in [5, 5.41) is 6.53. The van der Waals surface area contributed by atoms with Crippen LogP contribution >= 0.6 is 0 Å². The molecule has 10 heteroatoms. The maximum absolute atomic E-state index is 11.9. The molecule has 0 atom stereocenters. The second-order valence-electron chi connectivity index (χ2n) is 9.02. The summed E-state index contributed by atoms with van der Waals surface area (Å²) in [6.07, 6.45) is 3.39. The number of anilines is 1. The van der Waals surface area contributed by atoms with Crippen LogP contribution in [0, 0.1) is 0 Å². The second kappa shape index (κ2) is 8.32. The molecule has 0 saturated carbocycles. The topological polar surface area (TPSA) is 138 Å². The van der Waals surface area contributed by atoms with Crippen LogP contribution in [0.25, 0.3) is 44.9 Å². The Labute approximate surface area is 201 Å². The number of carbonyl (C=O) groups excluding carboxylic acids is 1. The lowest BCUT2D eigenvalue weighted by Crippen LogP contribution is -2.22. The third-order valence-corrected chi connectivity index (χ3v) is 5.59. The Morgan fingerprint density at radius 3 is 2.40 bits per heavy atom. The number of amides is 1. The summed E-state index contributed by atoms with van der Waals surface area (Å²) in [6, 6.07) is 13.7. The summed E-state index contributed by atoms with van der Waals surface area (Å²) >= 11 is 0. The van der Waals surface area contributed by atoms with Gasteiger partial charge >= 0.3 is 11.8 Å². The van der Waals surface area contributed by atoms with E-state index in [2.05, 4.69) is 50.8 Å². The van der Waals surface area contributed by atoms with Crippen molar-refractivity contribution in [3.63, 3.8) is 0 Å². The summed E-state index contributed by atoms with van der Waals surface area (Å²) < 4.78 is 7.36. The van der Waals surface area contributed by atoms with Crippen LogP contribution in [0.2, 0.25) is 0 Å². The van der Waals surface area contributed by atoms with Crippen LogP contribution in [-0.4, -0.2) is 42.6 Å². The van der Waals surface area contributed by atoms with E-state index in [1.54, 1.807) is 12.4 Å². The van der Waals surface area contributed by atoms with Crippen LogP contribution in [0.3, 0.4) is 0 Å². The van der Waals surface area contributed by atoms with Crippen molar-refractivity contribution < 1.29 is 9.32 Å². The van der Waals surface area contributed by atoms with Crippen molar-refractivity contribution in [1.82, 2.24) is 35.0 Å². The summed E-state index contributed by atoms with van der Waals surface area (Å²) in [7, 11) is 1.51. The van der Waals surface area contributed by atoms with Crippen LogP contribution in [0.15, 0.2) is 59.4 Å². The van der Waals surface area contributed by atoms with Gasteiger partial charge in [-0.15, -0.1) is 0 Å². The number of imidazole rings is 1. The number of rotatable bonds is 4. The maximum Gasteiger partial charge on any atom is 0.316 e. The van der Waals surface area contributed by atoms with E-state index < -0.39 is 5.91 Å². The smallest absolute Gasteiger partial charge is 0.316 e. The normalized spacial score (nSPS) is 11.7. The predicted molar refractivity (Wildman–Crippen MR) is 132 cm³/mol. The highest BCUT2D eigenvalue weighted by Gasteiger charge is 2.26. The first-order chi connectivity index (χ1) is 16.8. The highest BCUT2D eigenvalue weighted by Crippen LogP contribution is 2.37. The summed E-state index contributed by atoms with van der Waals surface area (Å²) in [6.45, 7) is 6.37. The minimum atomic E-state index is -0.442. The minimum Gasteiger partial charge on any atom is -0.368 e. The van der Waals surface area contributed by atoms with Gasteiger partial charge in [-0.1, -0.05) is 35.5 Å². The van der Waals surface area contributed by atoms with Gasteiger partial charge in [0.15, 0.2) is 0 Å². The van der Waals surface area contributed by atoms with Crippen molar-refractivity contribution in [3.8, 4) is 33.9 Å². The number of nitrogens with one attached hydrogen (secondary N) is 1. The molecule has 2 aromatic carbocycles. The van der Waals surface area contributed by atoms with E-state index in [9.17, 15) is 4.79 Å². The molecule has 0 aliphatic carbocycles. The highest BCUT2D eigenvalue weighted by atomic mass is 16.5. The largest absolute Gasteiger partial charge is 0.368 e. The molecule has 5 rings (SSSR count). The van der Waals surface area contributed by atoms with Crippen LogP contribution < -0.4 is 11.1 Å². The van der Waals surface area contributed by atoms with E-state index in [0.717, 1.165) is 33.5 Å². The molecule has 35 heavy (non-hydrogen) atoms. The van der Waals surface area contributed by atoms with Gasteiger partial charge in [0, 0.05) is 41.7 Å². The maximum atomic E-state index is 11.9.